The molecule has 0 heterocycles. The molecule has 0 fully saturated rings. The molecule has 2 aromatic rings. The van der Waals surface area contributed by atoms with Crippen LogP contribution in [0.25, 0.3) is 0 Å². The van der Waals surface area contributed by atoms with Crippen LogP contribution in [0, 0.1) is 18.6 Å². The van der Waals surface area contributed by atoms with Crippen molar-refractivity contribution in [1.82, 2.24) is 10.6 Å². The zero-order valence-electron chi connectivity index (χ0n) is 14.1. The highest BCUT2D eigenvalue weighted by Gasteiger charge is 2.19. The van der Waals surface area contributed by atoms with Crippen molar-refractivity contribution in [3.05, 3.63) is 57.6 Å². The van der Waals surface area contributed by atoms with Gasteiger partial charge in [0.05, 0.1) is 11.3 Å². The molecule has 0 aliphatic rings. The van der Waals surface area contributed by atoms with E-state index in [1.54, 1.807) is 12.1 Å². The molecule has 0 aromatic heterocycles. The van der Waals surface area contributed by atoms with Gasteiger partial charge in [0.15, 0.2) is 11.6 Å². The Bertz CT molecular complexity index is 768. The van der Waals surface area contributed by atoms with Crippen LogP contribution in [0.3, 0.4) is 0 Å². The van der Waals surface area contributed by atoms with Crippen LogP contribution in [-0.4, -0.2) is 26.0 Å². The van der Waals surface area contributed by atoms with Gasteiger partial charge in [-0.2, -0.15) is 0 Å². The molecule has 2 rings (SSSR count). The largest absolute Gasteiger partial charge is 0.352 e. The molecular weight excluding hydrogens is 392 g/mol. The van der Waals surface area contributed by atoms with Gasteiger partial charge < -0.3 is 16.0 Å². The molecule has 134 valence electrons. The fourth-order valence-corrected chi connectivity index (χ4v) is 2.80. The number of halogens is 3. The van der Waals surface area contributed by atoms with Gasteiger partial charge in [-0.25, -0.2) is 8.78 Å². The Morgan fingerprint density at radius 3 is 2.60 bits per heavy atom. The number of amides is 1. The Labute approximate surface area is 154 Å². The summed E-state index contributed by atoms with van der Waals surface area (Å²) in [5, 5.41) is 8.54. The maximum Gasteiger partial charge on any atom is 0.253 e. The van der Waals surface area contributed by atoms with E-state index in [2.05, 4.69) is 31.9 Å². The SMILES string of the molecule is CNCCCNC(=O)c1ccc(F)c(F)c1Nc1ccc(Br)cc1C. The zero-order chi connectivity index (χ0) is 18.4. The summed E-state index contributed by atoms with van der Waals surface area (Å²) in [4.78, 5) is 12.4. The second-order valence-corrected chi connectivity index (χ2v) is 6.50. The minimum Gasteiger partial charge on any atom is -0.352 e. The second kappa shape index (κ2) is 8.92. The van der Waals surface area contributed by atoms with Crippen molar-refractivity contribution < 1.29 is 13.6 Å². The number of hydrogen-bond donors (Lipinski definition) is 3. The van der Waals surface area contributed by atoms with Crippen LogP contribution in [0.2, 0.25) is 0 Å². The van der Waals surface area contributed by atoms with Crippen LogP contribution in [0.5, 0.6) is 0 Å². The van der Waals surface area contributed by atoms with Crippen LogP contribution in [0.15, 0.2) is 34.8 Å². The zero-order valence-corrected chi connectivity index (χ0v) is 15.6. The van der Waals surface area contributed by atoms with E-state index in [0.717, 1.165) is 29.1 Å². The number of nitrogens with one attached hydrogen (secondary N) is 3. The molecule has 2 aromatic carbocycles. The van der Waals surface area contributed by atoms with Crippen LogP contribution in [-0.2, 0) is 0 Å². The average molecular weight is 412 g/mol. The molecule has 25 heavy (non-hydrogen) atoms. The topological polar surface area (TPSA) is 53.2 Å². The van der Waals surface area contributed by atoms with Crippen molar-refractivity contribution in [3.8, 4) is 0 Å². The Morgan fingerprint density at radius 1 is 1.16 bits per heavy atom. The van der Waals surface area contributed by atoms with Crippen molar-refractivity contribution in [3.63, 3.8) is 0 Å². The van der Waals surface area contributed by atoms with E-state index in [4.69, 9.17) is 0 Å². The summed E-state index contributed by atoms with van der Waals surface area (Å²) in [6.07, 6.45) is 0.737. The minimum absolute atomic E-state index is 0.0608. The van der Waals surface area contributed by atoms with Gasteiger partial charge >= 0.3 is 0 Å². The van der Waals surface area contributed by atoms with Crippen molar-refractivity contribution in [1.29, 1.82) is 0 Å². The van der Waals surface area contributed by atoms with E-state index >= 15 is 0 Å². The lowest BCUT2D eigenvalue weighted by atomic mass is 10.1. The summed E-state index contributed by atoms with van der Waals surface area (Å²) in [5.74, 6) is -2.54. The maximum atomic E-state index is 14.3. The molecule has 0 atom stereocenters. The Hall–Kier alpha value is -1.99. The number of rotatable bonds is 7. The number of carbonyl (C=O) groups excluding carboxylic acids is 1. The van der Waals surface area contributed by atoms with Crippen molar-refractivity contribution in [2.45, 2.75) is 13.3 Å². The predicted molar refractivity (Wildman–Crippen MR) is 99.4 cm³/mol. The summed E-state index contributed by atoms with van der Waals surface area (Å²) < 4.78 is 28.9. The van der Waals surface area contributed by atoms with E-state index in [0.29, 0.717) is 12.2 Å². The highest BCUT2D eigenvalue weighted by Crippen LogP contribution is 2.29. The summed E-state index contributed by atoms with van der Waals surface area (Å²) in [6.45, 7) is 3.03. The van der Waals surface area contributed by atoms with Gasteiger partial charge in [-0.15, -0.1) is 0 Å². The molecule has 4 nitrogen and oxygen atoms in total. The molecule has 0 aliphatic heterocycles. The molecule has 0 bridgehead atoms. The fraction of sp³-hybridized carbons (Fsp3) is 0.278. The van der Waals surface area contributed by atoms with Gasteiger partial charge in [0, 0.05) is 16.7 Å². The molecule has 0 saturated heterocycles. The molecule has 0 unspecified atom stereocenters. The standard InChI is InChI=1S/C18H20BrF2N3O/c1-11-10-12(19)4-7-15(11)24-17-13(5-6-14(20)16(17)21)18(25)23-9-3-8-22-2/h4-7,10,22,24H,3,8-9H2,1-2H3,(H,23,25). The van der Waals surface area contributed by atoms with Gasteiger partial charge in [0.2, 0.25) is 0 Å². The lowest BCUT2D eigenvalue weighted by Crippen LogP contribution is -2.27. The molecule has 1 amide bonds. The van der Waals surface area contributed by atoms with Gasteiger partial charge in [-0.1, -0.05) is 15.9 Å². The predicted octanol–water partition coefficient (Wildman–Crippen LogP) is 4.12. The van der Waals surface area contributed by atoms with E-state index in [1.165, 1.54) is 6.07 Å². The fourth-order valence-electron chi connectivity index (χ4n) is 2.33. The highest BCUT2D eigenvalue weighted by atomic mass is 79.9. The summed E-state index contributed by atoms with van der Waals surface area (Å²) >= 11 is 3.36. The number of aryl methyl sites for hydroxylation is 1. The third-order valence-electron chi connectivity index (χ3n) is 3.68. The number of anilines is 2. The lowest BCUT2D eigenvalue weighted by molar-refractivity contribution is 0.0953. The van der Waals surface area contributed by atoms with Gasteiger partial charge in [0.25, 0.3) is 5.91 Å². The Balaban J connectivity index is 2.29. The van der Waals surface area contributed by atoms with Crippen molar-refractivity contribution >= 4 is 33.2 Å². The van der Waals surface area contributed by atoms with E-state index in [9.17, 15) is 13.6 Å². The number of carbonyl (C=O) groups is 1. The van der Waals surface area contributed by atoms with Gasteiger partial charge in [-0.3, -0.25) is 4.79 Å². The first-order valence-corrected chi connectivity index (χ1v) is 8.67. The van der Waals surface area contributed by atoms with Crippen LogP contribution in [0.4, 0.5) is 20.2 Å². The third kappa shape index (κ3) is 4.99. The Morgan fingerprint density at radius 2 is 1.92 bits per heavy atom. The summed E-state index contributed by atoms with van der Waals surface area (Å²) in [5.41, 5.74) is 1.32. The molecule has 3 N–H and O–H groups in total. The van der Waals surface area contributed by atoms with Gasteiger partial charge in [0.1, 0.15) is 0 Å². The van der Waals surface area contributed by atoms with E-state index < -0.39 is 17.5 Å². The lowest BCUT2D eigenvalue weighted by Gasteiger charge is -2.15. The minimum atomic E-state index is -1.08. The van der Waals surface area contributed by atoms with E-state index in [-0.39, 0.29) is 11.3 Å². The average Bonchev–Trinajstić information content (AvgIpc) is 2.58. The van der Waals surface area contributed by atoms with E-state index in [1.807, 2.05) is 20.0 Å². The molecular formula is C18H20BrF2N3O. The van der Waals surface area contributed by atoms with Crippen LogP contribution >= 0.6 is 15.9 Å². The molecule has 0 aliphatic carbocycles. The monoisotopic (exact) mass is 411 g/mol. The number of hydrogen-bond acceptors (Lipinski definition) is 3. The van der Waals surface area contributed by atoms with Crippen LogP contribution < -0.4 is 16.0 Å². The molecule has 0 saturated carbocycles. The Kier molecular flexibility index (Phi) is 6.90. The normalized spacial score (nSPS) is 10.6. The number of benzene rings is 2. The molecule has 0 radical (unpaired) electrons. The first-order valence-electron chi connectivity index (χ1n) is 7.88. The first kappa shape index (κ1) is 19.3. The van der Waals surface area contributed by atoms with Crippen LogP contribution in [0.1, 0.15) is 22.3 Å². The summed E-state index contributed by atoms with van der Waals surface area (Å²) in [7, 11) is 1.82. The molecule has 0 spiro atoms. The summed E-state index contributed by atoms with van der Waals surface area (Å²) in [6, 6.07) is 7.60. The smallest absolute Gasteiger partial charge is 0.253 e. The quantitative estimate of drug-likeness (QED) is 0.600. The highest BCUT2D eigenvalue weighted by molar-refractivity contribution is 9.10. The van der Waals surface area contributed by atoms with Gasteiger partial charge in [-0.05, 0) is 62.8 Å². The first-order chi connectivity index (χ1) is 11.9. The second-order valence-electron chi connectivity index (χ2n) is 5.58. The van der Waals surface area contributed by atoms with Crippen molar-refractivity contribution in [2.24, 2.45) is 0 Å². The molecule has 7 heteroatoms. The third-order valence-corrected chi connectivity index (χ3v) is 4.17. The van der Waals surface area contributed by atoms with Crippen molar-refractivity contribution in [2.75, 3.05) is 25.5 Å². The maximum absolute atomic E-state index is 14.3.